The quantitative estimate of drug-likeness (QED) is 0.794. The lowest BCUT2D eigenvalue weighted by atomic mass is 9.86. The van der Waals surface area contributed by atoms with E-state index in [4.69, 9.17) is 0 Å². The maximum Gasteiger partial charge on any atom is 0.103 e. The van der Waals surface area contributed by atoms with Crippen molar-refractivity contribution in [3.8, 4) is 0 Å². The molecule has 0 bridgehead atoms. The Hall–Kier alpha value is -0.540. The summed E-state index contributed by atoms with van der Waals surface area (Å²) in [5.41, 5.74) is 1.41. The molecule has 82 valence electrons. The smallest absolute Gasteiger partial charge is 0.103 e. The van der Waals surface area contributed by atoms with Crippen molar-refractivity contribution in [2.24, 2.45) is 0 Å². The molecule has 0 saturated carbocycles. The maximum atomic E-state index is 10.7. The number of aryl methyl sites for hydroxylation is 1. The van der Waals surface area contributed by atoms with Crippen molar-refractivity contribution >= 4 is 11.8 Å². The molecule has 2 heterocycles. The van der Waals surface area contributed by atoms with Crippen LogP contribution in [0.5, 0.6) is 0 Å². The van der Waals surface area contributed by atoms with E-state index in [0.717, 1.165) is 29.7 Å². The summed E-state index contributed by atoms with van der Waals surface area (Å²) < 4.78 is 0. The molecule has 3 heteroatoms. The van der Waals surface area contributed by atoms with Gasteiger partial charge in [0.1, 0.15) is 5.60 Å². The van der Waals surface area contributed by atoms with Gasteiger partial charge in [0.15, 0.2) is 0 Å². The summed E-state index contributed by atoms with van der Waals surface area (Å²) in [5, 5.41) is 10.9. The Labute approximate surface area is 95.1 Å². The zero-order valence-electron chi connectivity index (χ0n) is 9.23. The van der Waals surface area contributed by atoms with Gasteiger partial charge in [-0.05, 0) is 31.1 Å². The molecule has 0 aliphatic carbocycles. The molecule has 1 aliphatic rings. The van der Waals surface area contributed by atoms with E-state index in [9.17, 15) is 5.11 Å². The highest BCUT2D eigenvalue weighted by Crippen LogP contribution is 2.41. The second-order valence-corrected chi connectivity index (χ2v) is 5.74. The van der Waals surface area contributed by atoms with Gasteiger partial charge in [0.2, 0.25) is 0 Å². The van der Waals surface area contributed by atoms with Crippen molar-refractivity contribution in [3.05, 3.63) is 29.6 Å². The molecule has 0 aromatic carbocycles. The molecule has 1 saturated heterocycles. The van der Waals surface area contributed by atoms with Crippen LogP contribution < -0.4 is 0 Å². The second-order valence-electron chi connectivity index (χ2n) is 4.29. The average Bonchev–Trinajstić information content (AvgIpc) is 2.23. The molecule has 2 atom stereocenters. The number of aromatic nitrogens is 1. The molecule has 2 nitrogen and oxygen atoms in total. The Balaban J connectivity index is 2.34. The van der Waals surface area contributed by atoms with Crippen LogP contribution in [0.15, 0.2) is 18.5 Å². The third kappa shape index (κ3) is 2.04. The predicted octanol–water partition coefficient (Wildman–Crippen LogP) is 2.49. The minimum atomic E-state index is -0.679. The molecule has 0 radical (unpaired) electrons. The second kappa shape index (κ2) is 4.14. The third-order valence-corrected chi connectivity index (χ3v) is 4.53. The Bertz CT molecular complexity index is 355. The zero-order valence-corrected chi connectivity index (χ0v) is 10.0. The third-order valence-electron chi connectivity index (χ3n) is 3.12. The zero-order chi connectivity index (χ0) is 10.9. The number of hydrogen-bond donors (Lipinski definition) is 1. The van der Waals surface area contributed by atoms with Crippen molar-refractivity contribution in [1.82, 2.24) is 4.98 Å². The van der Waals surface area contributed by atoms with Crippen LogP contribution in [0.2, 0.25) is 0 Å². The minimum absolute atomic E-state index is 0.259. The highest BCUT2D eigenvalue weighted by Gasteiger charge is 2.38. The summed E-state index contributed by atoms with van der Waals surface area (Å²) in [4.78, 5) is 4.17. The van der Waals surface area contributed by atoms with E-state index >= 15 is 0 Å². The van der Waals surface area contributed by atoms with Crippen molar-refractivity contribution in [2.75, 3.05) is 5.75 Å². The molecule has 2 rings (SSSR count). The fraction of sp³-hybridized carbons (Fsp3) is 0.583. The van der Waals surface area contributed by atoms with E-state index in [1.165, 1.54) is 0 Å². The summed E-state index contributed by atoms with van der Waals surface area (Å²) in [5.74, 6) is 1.16. The first-order valence-corrected chi connectivity index (χ1v) is 6.44. The lowest BCUT2D eigenvalue weighted by Gasteiger charge is -2.37. The normalized spacial score (nSPS) is 31.5. The van der Waals surface area contributed by atoms with E-state index in [2.05, 4.69) is 18.0 Å². The van der Waals surface area contributed by atoms with Crippen molar-refractivity contribution in [1.29, 1.82) is 0 Å². The lowest BCUT2D eigenvalue weighted by molar-refractivity contribution is 0.0250. The minimum Gasteiger partial charge on any atom is -0.384 e. The number of pyridine rings is 1. The Kier molecular flexibility index (Phi) is 3.03. The van der Waals surface area contributed by atoms with Crippen LogP contribution in [-0.4, -0.2) is 21.1 Å². The molecule has 1 fully saturated rings. The van der Waals surface area contributed by atoms with Crippen molar-refractivity contribution in [3.63, 3.8) is 0 Å². The van der Waals surface area contributed by atoms with Crippen LogP contribution in [0.1, 0.15) is 30.9 Å². The molecule has 0 spiro atoms. The fourth-order valence-corrected chi connectivity index (χ4v) is 3.31. The summed E-state index contributed by atoms with van der Waals surface area (Å²) in [6.45, 7) is 4.12. The Morgan fingerprint density at radius 3 is 3.00 bits per heavy atom. The van der Waals surface area contributed by atoms with Gasteiger partial charge >= 0.3 is 0 Å². The monoisotopic (exact) mass is 223 g/mol. The lowest BCUT2D eigenvalue weighted by Crippen LogP contribution is -2.38. The van der Waals surface area contributed by atoms with Gasteiger partial charge < -0.3 is 5.11 Å². The summed E-state index contributed by atoms with van der Waals surface area (Å²) in [6.07, 6.45) is 5.56. The SMILES string of the molecule is Cc1cncc(C2(O)CCCSC2C)c1. The van der Waals surface area contributed by atoms with E-state index in [0.29, 0.717) is 0 Å². The molecular formula is C12H17NOS. The summed E-state index contributed by atoms with van der Waals surface area (Å²) in [7, 11) is 0. The van der Waals surface area contributed by atoms with Gasteiger partial charge in [-0.1, -0.05) is 13.0 Å². The van der Waals surface area contributed by atoms with Crippen molar-refractivity contribution in [2.45, 2.75) is 37.5 Å². The van der Waals surface area contributed by atoms with Gasteiger partial charge in [-0.2, -0.15) is 11.8 Å². The van der Waals surface area contributed by atoms with Gasteiger partial charge in [0, 0.05) is 23.2 Å². The first-order chi connectivity index (χ1) is 7.13. The highest BCUT2D eigenvalue weighted by atomic mass is 32.2. The average molecular weight is 223 g/mol. The number of rotatable bonds is 1. The number of nitrogens with zero attached hydrogens (tertiary/aromatic N) is 1. The maximum absolute atomic E-state index is 10.7. The Morgan fingerprint density at radius 1 is 1.53 bits per heavy atom. The molecule has 2 unspecified atom stereocenters. The van der Waals surface area contributed by atoms with E-state index < -0.39 is 5.60 Å². The van der Waals surface area contributed by atoms with Crippen LogP contribution >= 0.6 is 11.8 Å². The molecule has 1 aromatic heterocycles. The van der Waals surface area contributed by atoms with Crippen LogP contribution in [0.4, 0.5) is 0 Å². The number of thioether (sulfide) groups is 1. The standard InChI is InChI=1S/C12H17NOS/c1-9-6-11(8-13-7-9)12(14)4-3-5-15-10(12)2/h6-8,10,14H,3-5H2,1-2H3. The molecule has 0 amide bonds. The van der Waals surface area contributed by atoms with E-state index in [1.54, 1.807) is 6.20 Å². The van der Waals surface area contributed by atoms with Gasteiger partial charge in [0.05, 0.1) is 0 Å². The highest BCUT2D eigenvalue weighted by molar-refractivity contribution is 8.00. The molecule has 1 N–H and O–H groups in total. The molecule has 1 aromatic rings. The van der Waals surface area contributed by atoms with Crippen LogP contribution in [0.25, 0.3) is 0 Å². The number of aliphatic hydroxyl groups is 1. The van der Waals surface area contributed by atoms with Gasteiger partial charge in [0.25, 0.3) is 0 Å². The van der Waals surface area contributed by atoms with Crippen molar-refractivity contribution < 1.29 is 5.11 Å². The first-order valence-electron chi connectivity index (χ1n) is 5.39. The summed E-state index contributed by atoms with van der Waals surface area (Å²) >= 11 is 1.85. The molecular weight excluding hydrogens is 206 g/mol. The Morgan fingerprint density at radius 2 is 2.33 bits per heavy atom. The van der Waals surface area contributed by atoms with Crippen LogP contribution in [-0.2, 0) is 5.60 Å². The van der Waals surface area contributed by atoms with E-state index in [1.807, 2.05) is 24.9 Å². The molecule has 15 heavy (non-hydrogen) atoms. The van der Waals surface area contributed by atoms with Crippen LogP contribution in [0.3, 0.4) is 0 Å². The van der Waals surface area contributed by atoms with Gasteiger partial charge in [-0.15, -0.1) is 0 Å². The van der Waals surface area contributed by atoms with Gasteiger partial charge in [-0.3, -0.25) is 4.98 Å². The van der Waals surface area contributed by atoms with E-state index in [-0.39, 0.29) is 5.25 Å². The largest absolute Gasteiger partial charge is 0.384 e. The van der Waals surface area contributed by atoms with Crippen LogP contribution in [0, 0.1) is 6.92 Å². The van der Waals surface area contributed by atoms with Gasteiger partial charge in [-0.25, -0.2) is 0 Å². The topological polar surface area (TPSA) is 33.1 Å². The predicted molar refractivity (Wildman–Crippen MR) is 64.0 cm³/mol. The summed E-state index contributed by atoms with van der Waals surface area (Å²) in [6, 6.07) is 2.05. The first kappa shape index (κ1) is 11.0. The molecule has 1 aliphatic heterocycles. The number of hydrogen-bond acceptors (Lipinski definition) is 3. The fourth-order valence-electron chi connectivity index (χ4n) is 2.11.